The Hall–Kier alpha value is -3.15. The number of carboxylic acid groups (broad SMARTS) is 1. The number of hydrogen-bond donors (Lipinski definition) is 3. The summed E-state index contributed by atoms with van der Waals surface area (Å²) in [4.78, 5) is 18.0. The summed E-state index contributed by atoms with van der Waals surface area (Å²) in [6.45, 7) is 0. The lowest BCUT2D eigenvalue weighted by molar-refractivity contribution is 0.0696. The van der Waals surface area contributed by atoms with Gasteiger partial charge in [0.1, 0.15) is 11.3 Å². The SMILES string of the molecule is N=c1nc(Oc2ccc3ccccc3c2C(=O)O)cc[nH]1. The maximum absolute atomic E-state index is 11.5. The van der Waals surface area contributed by atoms with Gasteiger partial charge in [-0.3, -0.25) is 5.41 Å². The van der Waals surface area contributed by atoms with Gasteiger partial charge in [-0.15, -0.1) is 0 Å². The first-order chi connectivity index (χ1) is 10.1. The second-order valence-electron chi connectivity index (χ2n) is 4.34. The molecule has 21 heavy (non-hydrogen) atoms. The molecule has 0 fully saturated rings. The quantitative estimate of drug-likeness (QED) is 0.687. The number of aromatic nitrogens is 2. The number of hydrogen-bond acceptors (Lipinski definition) is 4. The molecule has 0 saturated heterocycles. The number of carboxylic acids is 1. The van der Waals surface area contributed by atoms with Crippen molar-refractivity contribution in [2.24, 2.45) is 0 Å². The fourth-order valence-electron chi connectivity index (χ4n) is 2.10. The molecule has 104 valence electrons. The van der Waals surface area contributed by atoms with Gasteiger partial charge in [-0.1, -0.05) is 30.3 Å². The van der Waals surface area contributed by atoms with Gasteiger partial charge in [0.15, 0.2) is 0 Å². The normalized spacial score (nSPS) is 10.5. The van der Waals surface area contributed by atoms with Crippen molar-refractivity contribution in [1.82, 2.24) is 9.97 Å². The second kappa shape index (κ2) is 5.09. The standard InChI is InChI=1S/C15H11N3O3/c16-15-17-8-7-12(18-15)21-11-6-5-9-3-1-2-4-10(9)13(11)14(19)20/h1-8H,(H,19,20)(H2,16,17,18). The van der Waals surface area contributed by atoms with E-state index in [2.05, 4.69) is 9.97 Å². The highest BCUT2D eigenvalue weighted by Gasteiger charge is 2.16. The molecule has 1 aromatic heterocycles. The van der Waals surface area contributed by atoms with Crippen LogP contribution in [0, 0.1) is 5.41 Å². The molecule has 0 saturated carbocycles. The molecular weight excluding hydrogens is 270 g/mol. The molecule has 2 aromatic carbocycles. The molecule has 0 aliphatic rings. The molecule has 0 atom stereocenters. The minimum Gasteiger partial charge on any atom is -0.478 e. The maximum atomic E-state index is 11.5. The summed E-state index contributed by atoms with van der Waals surface area (Å²) in [6, 6.07) is 12.1. The van der Waals surface area contributed by atoms with Crippen molar-refractivity contribution in [3.05, 3.63) is 59.8 Å². The van der Waals surface area contributed by atoms with E-state index >= 15 is 0 Å². The molecule has 6 heteroatoms. The van der Waals surface area contributed by atoms with Gasteiger partial charge in [-0.05, 0) is 16.8 Å². The maximum Gasteiger partial charge on any atom is 0.340 e. The van der Waals surface area contributed by atoms with Crippen LogP contribution in [-0.4, -0.2) is 21.0 Å². The number of carbonyl (C=O) groups is 1. The van der Waals surface area contributed by atoms with E-state index < -0.39 is 5.97 Å². The van der Waals surface area contributed by atoms with Crippen molar-refractivity contribution in [2.45, 2.75) is 0 Å². The minimum absolute atomic E-state index is 0.0647. The molecule has 3 aromatic rings. The van der Waals surface area contributed by atoms with Crippen LogP contribution < -0.4 is 10.4 Å². The van der Waals surface area contributed by atoms with Gasteiger partial charge >= 0.3 is 5.97 Å². The molecule has 0 unspecified atom stereocenters. The van der Waals surface area contributed by atoms with Crippen LogP contribution in [0.5, 0.6) is 11.6 Å². The fraction of sp³-hybridized carbons (Fsp3) is 0. The van der Waals surface area contributed by atoms with Crippen molar-refractivity contribution in [2.75, 3.05) is 0 Å². The monoisotopic (exact) mass is 281 g/mol. The number of fused-ring (bicyclic) bond motifs is 1. The Labute approximate surface area is 119 Å². The average molecular weight is 281 g/mol. The highest BCUT2D eigenvalue weighted by molar-refractivity contribution is 6.06. The smallest absolute Gasteiger partial charge is 0.340 e. The van der Waals surface area contributed by atoms with Crippen molar-refractivity contribution >= 4 is 16.7 Å². The van der Waals surface area contributed by atoms with E-state index in [1.54, 1.807) is 24.3 Å². The van der Waals surface area contributed by atoms with E-state index in [1.807, 2.05) is 12.1 Å². The van der Waals surface area contributed by atoms with E-state index in [4.69, 9.17) is 10.1 Å². The molecule has 0 amide bonds. The molecule has 6 nitrogen and oxygen atoms in total. The van der Waals surface area contributed by atoms with Crippen LogP contribution in [-0.2, 0) is 0 Å². The lowest BCUT2D eigenvalue weighted by Crippen LogP contribution is -2.10. The van der Waals surface area contributed by atoms with Crippen molar-refractivity contribution < 1.29 is 14.6 Å². The molecule has 0 aliphatic heterocycles. The number of rotatable bonds is 3. The van der Waals surface area contributed by atoms with Gasteiger partial charge in [0, 0.05) is 12.3 Å². The first-order valence-electron chi connectivity index (χ1n) is 6.18. The number of nitrogens with zero attached hydrogens (tertiary/aromatic N) is 1. The summed E-state index contributed by atoms with van der Waals surface area (Å²) in [5, 5.41) is 18.3. The molecule has 0 spiro atoms. The predicted octanol–water partition coefficient (Wildman–Crippen LogP) is 2.53. The van der Waals surface area contributed by atoms with Gasteiger partial charge in [0.2, 0.25) is 11.5 Å². The summed E-state index contributed by atoms with van der Waals surface area (Å²) in [5.74, 6) is -0.716. The third-order valence-electron chi connectivity index (χ3n) is 2.99. The third kappa shape index (κ3) is 2.46. The number of H-pyrrole nitrogens is 1. The minimum atomic E-state index is -1.07. The van der Waals surface area contributed by atoms with E-state index in [1.165, 1.54) is 12.3 Å². The van der Waals surface area contributed by atoms with Crippen LogP contribution in [0.25, 0.3) is 10.8 Å². The Morgan fingerprint density at radius 2 is 2.00 bits per heavy atom. The summed E-state index contributed by atoms with van der Waals surface area (Å²) >= 11 is 0. The Balaban J connectivity index is 2.16. The summed E-state index contributed by atoms with van der Waals surface area (Å²) in [6.07, 6.45) is 1.51. The van der Waals surface area contributed by atoms with Crippen molar-refractivity contribution in [1.29, 1.82) is 5.41 Å². The van der Waals surface area contributed by atoms with E-state index in [0.717, 1.165) is 5.39 Å². The van der Waals surface area contributed by atoms with Gasteiger partial charge in [-0.2, -0.15) is 4.98 Å². The van der Waals surface area contributed by atoms with E-state index in [-0.39, 0.29) is 22.8 Å². The van der Waals surface area contributed by atoms with Crippen molar-refractivity contribution in [3.8, 4) is 11.6 Å². The molecule has 1 heterocycles. The Bertz CT molecular complexity index is 886. The Kier molecular flexibility index (Phi) is 3.12. The Morgan fingerprint density at radius 1 is 1.19 bits per heavy atom. The van der Waals surface area contributed by atoms with Crippen LogP contribution in [0.3, 0.4) is 0 Å². The number of ether oxygens (including phenoxy) is 1. The van der Waals surface area contributed by atoms with E-state index in [9.17, 15) is 9.90 Å². The zero-order chi connectivity index (χ0) is 14.8. The second-order valence-corrected chi connectivity index (χ2v) is 4.34. The van der Waals surface area contributed by atoms with Crippen LogP contribution in [0.15, 0.2) is 48.7 Å². The third-order valence-corrected chi connectivity index (χ3v) is 2.99. The molecule has 3 N–H and O–H groups in total. The molecular formula is C15H11N3O3. The van der Waals surface area contributed by atoms with Crippen LogP contribution in [0.1, 0.15) is 10.4 Å². The van der Waals surface area contributed by atoms with E-state index in [0.29, 0.717) is 5.39 Å². The first-order valence-corrected chi connectivity index (χ1v) is 6.18. The van der Waals surface area contributed by atoms with Crippen LogP contribution in [0.4, 0.5) is 0 Å². The highest BCUT2D eigenvalue weighted by Crippen LogP contribution is 2.30. The molecule has 0 radical (unpaired) electrons. The fourth-order valence-corrected chi connectivity index (χ4v) is 2.10. The number of aromatic carboxylic acids is 1. The zero-order valence-electron chi connectivity index (χ0n) is 10.8. The lowest BCUT2D eigenvalue weighted by Gasteiger charge is -2.10. The predicted molar refractivity (Wildman–Crippen MR) is 75.4 cm³/mol. The number of nitrogens with one attached hydrogen (secondary N) is 2. The van der Waals surface area contributed by atoms with Crippen molar-refractivity contribution in [3.63, 3.8) is 0 Å². The van der Waals surface area contributed by atoms with Crippen LogP contribution in [0.2, 0.25) is 0 Å². The first kappa shape index (κ1) is 12.9. The number of benzene rings is 2. The number of aromatic amines is 1. The molecule has 3 rings (SSSR count). The topological polar surface area (TPSA) is 99.1 Å². The van der Waals surface area contributed by atoms with Gasteiger partial charge in [-0.25, -0.2) is 4.79 Å². The van der Waals surface area contributed by atoms with Gasteiger partial charge in [0.05, 0.1) is 0 Å². The van der Waals surface area contributed by atoms with Gasteiger partial charge < -0.3 is 14.8 Å². The molecule has 0 aliphatic carbocycles. The summed E-state index contributed by atoms with van der Waals surface area (Å²) in [7, 11) is 0. The molecule has 0 bridgehead atoms. The van der Waals surface area contributed by atoms with Gasteiger partial charge in [0.25, 0.3) is 0 Å². The largest absolute Gasteiger partial charge is 0.478 e. The average Bonchev–Trinajstić information content (AvgIpc) is 2.46. The summed E-state index contributed by atoms with van der Waals surface area (Å²) < 4.78 is 5.53. The highest BCUT2D eigenvalue weighted by atomic mass is 16.5. The summed E-state index contributed by atoms with van der Waals surface area (Å²) in [5.41, 5.74) is 0.0134. The zero-order valence-corrected chi connectivity index (χ0v) is 10.8. The lowest BCUT2D eigenvalue weighted by atomic mass is 10.0. The Morgan fingerprint density at radius 3 is 2.76 bits per heavy atom. The van der Waals surface area contributed by atoms with Crippen LogP contribution >= 0.6 is 0 Å².